The highest BCUT2D eigenvalue weighted by Crippen LogP contribution is 2.33. The van der Waals surface area contributed by atoms with Gasteiger partial charge in [-0.3, -0.25) is 9.59 Å². The number of aliphatic hydroxyl groups is 1. The smallest absolute Gasteiger partial charge is 0.195 e. The van der Waals surface area contributed by atoms with Crippen LogP contribution in [0.15, 0.2) is 55.1 Å². The molecular weight excluding hydrogens is 440 g/mol. The Hall–Kier alpha value is -2.20. The van der Waals surface area contributed by atoms with Crippen LogP contribution >= 0.6 is 0 Å². The Morgan fingerprint density at radius 3 is 2.65 bits per heavy atom. The van der Waals surface area contributed by atoms with Crippen molar-refractivity contribution in [3.8, 4) is 0 Å². The SMILES string of the molecule is C=CC[C@@H]1C=CC(=O)C([C@@H](O)[C@H]2O[C@H](CC3COC(C)(C)O3)[C@H](OCc3ccccc3)C2=O)O1. The number of hydrogen-bond acceptors (Lipinski definition) is 8. The maximum absolute atomic E-state index is 13.4. The van der Waals surface area contributed by atoms with Crippen LogP contribution in [0, 0.1) is 0 Å². The fraction of sp³-hybridized carbons (Fsp3) is 0.538. The van der Waals surface area contributed by atoms with Gasteiger partial charge in [-0.2, -0.15) is 0 Å². The minimum absolute atomic E-state index is 0.205. The molecule has 3 aliphatic rings. The third kappa shape index (κ3) is 5.71. The van der Waals surface area contributed by atoms with E-state index in [2.05, 4.69) is 6.58 Å². The zero-order valence-electron chi connectivity index (χ0n) is 19.5. The minimum Gasteiger partial charge on any atom is -0.387 e. The number of rotatable bonds is 9. The molecule has 3 heterocycles. The van der Waals surface area contributed by atoms with Gasteiger partial charge in [-0.05, 0) is 31.9 Å². The van der Waals surface area contributed by atoms with E-state index in [4.69, 9.17) is 23.7 Å². The third-order valence-corrected chi connectivity index (χ3v) is 6.15. The van der Waals surface area contributed by atoms with E-state index in [0.29, 0.717) is 19.4 Å². The highest BCUT2D eigenvalue weighted by atomic mass is 16.7. The molecule has 1 N–H and O–H groups in total. The van der Waals surface area contributed by atoms with Crippen LogP contribution in [0.25, 0.3) is 0 Å². The lowest BCUT2D eigenvalue weighted by atomic mass is 9.96. The summed E-state index contributed by atoms with van der Waals surface area (Å²) < 4.78 is 29.3. The Labute approximate surface area is 199 Å². The first-order chi connectivity index (χ1) is 16.3. The molecule has 0 aliphatic carbocycles. The highest BCUT2D eigenvalue weighted by molar-refractivity contribution is 5.97. The molecule has 2 saturated heterocycles. The van der Waals surface area contributed by atoms with E-state index in [0.717, 1.165) is 5.56 Å². The van der Waals surface area contributed by atoms with Crippen molar-refractivity contribution in [2.75, 3.05) is 6.61 Å². The summed E-state index contributed by atoms with van der Waals surface area (Å²) in [7, 11) is 0. The molecule has 2 fully saturated rings. The second-order valence-corrected chi connectivity index (χ2v) is 9.27. The average molecular weight is 473 g/mol. The molecule has 0 saturated carbocycles. The number of ketones is 2. The van der Waals surface area contributed by atoms with Crippen LogP contribution in [-0.2, 0) is 39.9 Å². The lowest BCUT2D eigenvalue weighted by molar-refractivity contribution is -0.159. The standard InChI is InChI=1S/C26H32O8/c1-4-8-17-11-12-19(27)23(32-17)21(28)25-22(29)24(30-14-16-9-6-5-7-10-16)20(33-25)13-18-15-31-26(2,3)34-18/h4-7,9-12,17-18,20-21,23-25,28H,1,8,13-15H2,2-3H3/t17-,18?,20-,21-,23?,24+,25-/m1/s1. The van der Waals surface area contributed by atoms with E-state index in [1.165, 1.54) is 6.08 Å². The number of carbonyl (C=O) groups is 2. The van der Waals surface area contributed by atoms with E-state index >= 15 is 0 Å². The van der Waals surface area contributed by atoms with Crippen molar-refractivity contribution in [2.24, 2.45) is 0 Å². The lowest BCUT2D eigenvalue weighted by Gasteiger charge is -2.30. The number of aliphatic hydroxyl groups excluding tert-OH is 1. The van der Waals surface area contributed by atoms with Gasteiger partial charge in [0.1, 0.15) is 24.4 Å². The number of ether oxygens (including phenoxy) is 5. The maximum atomic E-state index is 13.4. The predicted molar refractivity (Wildman–Crippen MR) is 122 cm³/mol. The van der Waals surface area contributed by atoms with Gasteiger partial charge in [0.15, 0.2) is 17.4 Å². The zero-order chi connectivity index (χ0) is 24.3. The van der Waals surface area contributed by atoms with Crippen molar-refractivity contribution in [1.82, 2.24) is 0 Å². The monoisotopic (exact) mass is 472 g/mol. The van der Waals surface area contributed by atoms with Crippen LogP contribution in [-0.4, -0.2) is 71.8 Å². The fourth-order valence-corrected chi connectivity index (χ4v) is 4.49. The highest BCUT2D eigenvalue weighted by Gasteiger charge is 2.52. The molecule has 0 aromatic heterocycles. The summed E-state index contributed by atoms with van der Waals surface area (Å²) in [6.07, 6.45) is -0.742. The van der Waals surface area contributed by atoms with Gasteiger partial charge in [0.05, 0.1) is 31.5 Å². The van der Waals surface area contributed by atoms with Crippen molar-refractivity contribution in [1.29, 1.82) is 0 Å². The first kappa shape index (κ1) is 24.9. The molecule has 7 atom stereocenters. The summed E-state index contributed by atoms with van der Waals surface area (Å²) in [5.41, 5.74) is 0.905. The van der Waals surface area contributed by atoms with Gasteiger partial charge in [-0.15, -0.1) is 6.58 Å². The lowest BCUT2D eigenvalue weighted by Crippen LogP contribution is -2.49. The molecule has 3 aliphatic heterocycles. The molecule has 1 aromatic rings. The summed E-state index contributed by atoms with van der Waals surface area (Å²) in [6.45, 7) is 7.89. The molecule has 4 rings (SSSR count). The fourth-order valence-electron chi connectivity index (χ4n) is 4.49. The topological polar surface area (TPSA) is 101 Å². The summed E-state index contributed by atoms with van der Waals surface area (Å²) in [6, 6.07) is 9.48. The number of benzene rings is 1. The van der Waals surface area contributed by atoms with Gasteiger partial charge >= 0.3 is 0 Å². The Morgan fingerprint density at radius 1 is 1.21 bits per heavy atom. The Morgan fingerprint density at radius 2 is 1.97 bits per heavy atom. The van der Waals surface area contributed by atoms with E-state index in [1.54, 1.807) is 12.2 Å². The number of carbonyl (C=O) groups excluding carboxylic acids is 2. The summed E-state index contributed by atoms with van der Waals surface area (Å²) in [5.74, 6) is -1.55. The third-order valence-electron chi connectivity index (χ3n) is 6.15. The van der Waals surface area contributed by atoms with Crippen molar-refractivity contribution < 1.29 is 38.4 Å². The molecule has 0 radical (unpaired) electrons. The van der Waals surface area contributed by atoms with Gasteiger partial charge in [-0.25, -0.2) is 0 Å². The number of Topliss-reactive ketones (excluding diaryl/α,β-unsaturated/α-hetero) is 1. The van der Waals surface area contributed by atoms with Crippen molar-refractivity contribution in [3.63, 3.8) is 0 Å². The molecule has 34 heavy (non-hydrogen) atoms. The van der Waals surface area contributed by atoms with Crippen molar-refractivity contribution in [3.05, 3.63) is 60.7 Å². The quantitative estimate of drug-likeness (QED) is 0.547. The molecule has 0 bridgehead atoms. The molecule has 184 valence electrons. The average Bonchev–Trinajstić information content (AvgIpc) is 3.32. The zero-order valence-corrected chi connectivity index (χ0v) is 19.5. The largest absolute Gasteiger partial charge is 0.387 e. The van der Waals surface area contributed by atoms with E-state index < -0.39 is 54.0 Å². The van der Waals surface area contributed by atoms with Crippen LogP contribution < -0.4 is 0 Å². The van der Waals surface area contributed by atoms with Gasteiger partial charge in [0, 0.05) is 6.42 Å². The Balaban J connectivity index is 1.49. The van der Waals surface area contributed by atoms with Crippen LogP contribution in [0.3, 0.4) is 0 Å². The van der Waals surface area contributed by atoms with Gasteiger partial charge in [-0.1, -0.05) is 42.5 Å². The molecular formula is C26H32O8. The maximum Gasteiger partial charge on any atom is 0.195 e. The summed E-state index contributed by atoms with van der Waals surface area (Å²) in [4.78, 5) is 25.8. The molecule has 0 amide bonds. The van der Waals surface area contributed by atoms with Crippen molar-refractivity contribution >= 4 is 11.6 Å². The molecule has 1 aromatic carbocycles. The number of hydrogen-bond donors (Lipinski definition) is 1. The van der Waals surface area contributed by atoms with E-state index in [-0.39, 0.29) is 12.7 Å². The van der Waals surface area contributed by atoms with E-state index in [1.807, 2.05) is 44.2 Å². The summed E-state index contributed by atoms with van der Waals surface area (Å²) in [5, 5.41) is 11.0. The second kappa shape index (κ2) is 10.6. The van der Waals surface area contributed by atoms with Crippen LogP contribution in [0.4, 0.5) is 0 Å². The minimum atomic E-state index is -1.47. The van der Waals surface area contributed by atoms with E-state index in [9.17, 15) is 14.7 Å². The Kier molecular flexibility index (Phi) is 7.77. The van der Waals surface area contributed by atoms with Crippen LogP contribution in [0.1, 0.15) is 32.3 Å². The van der Waals surface area contributed by atoms with Gasteiger partial charge < -0.3 is 28.8 Å². The van der Waals surface area contributed by atoms with Gasteiger partial charge in [0.2, 0.25) is 0 Å². The van der Waals surface area contributed by atoms with Gasteiger partial charge in [0.25, 0.3) is 0 Å². The normalized spacial score (nSPS) is 33.9. The van der Waals surface area contributed by atoms with Crippen LogP contribution in [0.2, 0.25) is 0 Å². The molecule has 0 spiro atoms. The Bertz CT molecular complexity index is 911. The first-order valence-corrected chi connectivity index (χ1v) is 11.6. The van der Waals surface area contributed by atoms with Crippen LogP contribution in [0.5, 0.6) is 0 Å². The molecule has 8 nitrogen and oxygen atoms in total. The predicted octanol–water partition coefficient (Wildman–Crippen LogP) is 2.28. The molecule has 8 heteroatoms. The van der Waals surface area contributed by atoms with Crippen molar-refractivity contribution in [2.45, 2.75) is 81.8 Å². The molecule has 2 unspecified atom stereocenters. The first-order valence-electron chi connectivity index (χ1n) is 11.6. The second-order valence-electron chi connectivity index (χ2n) is 9.27. The summed E-state index contributed by atoms with van der Waals surface area (Å²) >= 11 is 0.